The van der Waals surface area contributed by atoms with Gasteiger partial charge in [0.25, 0.3) is 5.91 Å². The van der Waals surface area contributed by atoms with E-state index in [0.717, 1.165) is 0 Å². The summed E-state index contributed by atoms with van der Waals surface area (Å²) in [4.78, 5) is 34.6. The predicted molar refractivity (Wildman–Crippen MR) is 97.7 cm³/mol. The number of hydrogen-bond acceptors (Lipinski definition) is 5. The van der Waals surface area contributed by atoms with Crippen LogP contribution in [-0.2, 0) is 4.79 Å². The lowest BCUT2D eigenvalue weighted by Crippen LogP contribution is -2.28. The number of carbonyl (C=O) groups is 2. The summed E-state index contributed by atoms with van der Waals surface area (Å²) in [6.07, 6.45) is 3.37. The van der Waals surface area contributed by atoms with Crippen LogP contribution in [0.25, 0.3) is 6.08 Å². The average molecular weight is 353 g/mol. The van der Waals surface area contributed by atoms with Crippen molar-refractivity contribution in [1.29, 1.82) is 0 Å². The van der Waals surface area contributed by atoms with E-state index in [1.165, 1.54) is 22.7 Å². The number of rotatable bonds is 4. The first kappa shape index (κ1) is 16.9. The molecule has 1 aliphatic heterocycles. The second-order valence-corrected chi connectivity index (χ2v) is 6.14. The highest BCUT2D eigenvalue weighted by molar-refractivity contribution is 8.18. The number of likely N-dealkylation sites (N-methyl/N-ethyl adjacent to an activating group) is 1. The van der Waals surface area contributed by atoms with Crippen molar-refractivity contribution in [2.45, 2.75) is 6.92 Å². The van der Waals surface area contributed by atoms with Crippen LogP contribution < -0.4 is 0 Å². The summed E-state index contributed by atoms with van der Waals surface area (Å²) in [5.74, 6) is -1.22. The van der Waals surface area contributed by atoms with Gasteiger partial charge in [0.2, 0.25) is 0 Å². The van der Waals surface area contributed by atoms with Crippen molar-refractivity contribution in [3.05, 3.63) is 64.8 Å². The van der Waals surface area contributed by atoms with Crippen LogP contribution in [0, 0.1) is 0 Å². The van der Waals surface area contributed by atoms with Crippen molar-refractivity contribution in [2.75, 3.05) is 6.54 Å². The number of carboxylic acid groups (broad SMARTS) is 1. The molecule has 7 heteroatoms. The smallest absolute Gasteiger partial charge is 0.337 e. The Bertz CT molecular complexity index is 878. The van der Waals surface area contributed by atoms with Crippen LogP contribution in [0.1, 0.15) is 23.0 Å². The van der Waals surface area contributed by atoms with Crippen molar-refractivity contribution in [3.8, 4) is 0 Å². The molecule has 126 valence electrons. The van der Waals surface area contributed by atoms with Gasteiger partial charge in [0.15, 0.2) is 5.17 Å². The summed E-state index contributed by atoms with van der Waals surface area (Å²) in [7, 11) is 0. The number of aromatic nitrogens is 1. The number of carboxylic acids is 1. The number of para-hydroxylation sites is 1. The van der Waals surface area contributed by atoms with Crippen LogP contribution in [0.15, 0.2) is 58.6 Å². The third-order valence-corrected chi connectivity index (χ3v) is 4.53. The van der Waals surface area contributed by atoms with Gasteiger partial charge >= 0.3 is 5.97 Å². The summed E-state index contributed by atoms with van der Waals surface area (Å²) in [5.41, 5.74) is 1.10. The Labute approximate surface area is 148 Å². The summed E-state index contributed by atoms with van der Waals surface area (Å²) in [6.45, 7) is 2.29. The van der Waals surface area contributed by atoms with Crippen molar-refractivity contribution in [3.63, 3.8) is 0 Å². The largest absolute Gasteiger partial charge is 0.478 e. The molecule has 0 radical (unpaired) electrons. The highest BCUT2D eigenvalue weighted by Gasteiger charge is 2.32. The summed E-state index contributed by atoms with van der Waals surface area (Å²) in [5, 5.41) is 9.75. The zero-order valence-corrected chi connectivity index (χ0v) is 14.2. The van der Waals surface area contributed by atoms with Gasteiger partial charge in [-0.2, -0.15) is 0 Å². The van der Waals surface area contributed by atoms with Crippen LogP contribution in [0.2, 0.25) is 0 Å². The Morgan fingerprint density at radius 3 is 2.72 bits per heavy atom. The molecule has 0 aliphatic carbocycles. The number of hydrogen-bond donors (Lipinski definition) is 1. The number of carbonyl (C=O) groups excluding carboxylic acids is 1. The van der Waals surface area contributed by atoms with Gasteiger partial charge in [-0.3, -0.25) is 14.7 Å². The second-order valence-electron chi connectivity index (χ2n) is 5.13. The summed E-state index contributed by atoms with van der Waals surface area (Å²) < 4.78 is 0. The van der Waals surface area contributed by atoms with Crippen molar-refractivity contribution in [1.82, 2.24) is 9.88 Å². The topological polar surface area (TPSA) is 82.9 Å². The van der Waals surface area contributed by atoms with Gasteiger partial charge in [0.05, 0.1) is 21.8 Å². The minimum Gasteiger partial charge on any atom is -0.478 e. The number of amides is 1. The van der Waals surface area contributed by atoms with E-state index in [2.05, 4.69) is 9.98 Å². The van der Waals surface area contributed by atoms with Crippen LogP contribution >= 0.6 is 11.8 Å². The lowest BCUT2D eigenvalue weighted by atomic mass is 10.2. The number of nitrogens with zero attached hydrogens (tertiary/aromatic N) is 3. The Balaban J connectivity index is 1.99. The highest BCUT2D eigenvalue weighted by atomic mass is 32.2. The monoisotopic (exact) mass is 353 g/mol. The standard InChI is InChI=1S/C18H15N3O3S/c1-2-21-16(22)15(11-12-7-5-6-10-19-12)25-18(21)20-14-9-4-3-8-13(14)17(23)24/h3-11H,2H2,1H3,(H,23,24)/b15-11-,20-18?. The van der Waals surface area contributed by atoms with Crippen LogP contribution in [0.5, 0.6) is 0 Å². The molecule has 1 aromatic carbocycles. The molecular weight excluding hydrogens is 338 g/mol. The number of pyridine rings is 1. The third-order valence-electron chi connectivity index (χ3n) is 3.52. The third kappa shape index (κ3) is 3.61. The molecule has 0 saturated carbocycles. The zero-order chi connectivity index (χ0) is 17.8. The van der Waals surface area contributed by atoms with E-state index in [0.29, 0.717) is 28.0 Å². The van der Waals surface area contributed by atoms with Crippen LogP contribution in [0.4, 0.5) is 5.69 Å². The quantitative estimate of drug-likeness (QED) is 0.852. The first-order valence-corrected chi connectivity index (χ1v) is 8.45. The normalized spacial score (nSPS) is 17.5. The molecule has 1 N–H and O–H groups in total. The first-order chi connectivity index (χ1) is 12.1. The second kappa shape index (κ2) is 7.31. The Hall–Kier alpha value is -2.93. The van der Waals surface area contributed by atoms with Gasteiger partial charge in [-0.15, -0.1) is 0 Å². The van der Waals surface area contributed by atoms with E-state index in [4.69, 9.17) is 0 Å². The van der Waals surface area contributed by atoms with Gasteiger partial charge in [-0.25, -0.2) is 9.79 Å². The fourth-order valence-electron chi connectivity index (χ4n) is 2.32. The molecule has 0 bridgehead atoms. The molecule has 1 aliphatic rings. The van der Waals surface area contributed by atoms with Gasteiger partial charge < -0.3 is 5.11 Å². The SMILES string of the molecule is CCN1C(=O)/C(=C/c2ccccn2)SC1=Nc1ccccc1C(=O)O. The van der Waals surface area contributed by atoms with Crippen LogP contribution in [0.3, 0.4) is 0 Å². The molecule has 1 amide bonds. The maximum Gasteiger partial charge on any atom is 0.337 e. The van der Waals surface area contributed by atoms with Crippen molar-refractivity contribution in [2.24, 2.45) is 4.99 Å². The molecule has 1 saturated heterocycles. The van der Waals surface area contributed by atoms with Gasteiger partial charge in [0, 0.05) is 12.7 Å². The minimum atomic E-state index is -1.05. The first-order valence-electron chi connectivity index (χ1n) is 7.63. The predicted octanol–water partition coefficient (Wildman–Crippen LogP) is 3.40. The average Bonchev–Trinajstić information content (AvgIpc) is 2.90. The van der Waals surface area contributed by atoms with Crippen molar-refractivity contribution >= 4 is 40.6 Å². The van der Waals surface area contributed by atoms with E-state index < -0.39 is 5.97 Å². The lowest BCUT2D eigenvalue weighted by molar-refractivity contribution is -0.122. The number of aromatic carboxylic acids is 1. The zero-order valence-electron chi connectivity index (χ0n) is 13.4. The van der Waals surface area contributed by atoms with Crippen LogP contribution in [-0.4, -0.2) is 38.6 Å². The maximum absolute atomic E-state index is 12.6. The molecule has 1 aromatic heterocycles. The van der Waals surface area contributed by atoms with Gasteiger partial charge in [0.1, 0.15) is 0 Å². The fraction of sp³-hybridized carbons (Fsp3) is 0.111. The Kier molecular flexibility index (Phi) is 4.95. The molecule has 3 rings (SSSR count). The number of amidine groups is 1. The van der Waals surface area contributed by atoms with E-state index >= 15 is 0 Å². The van der Waals surface area contributed by atoms with Crippen molar-refractivity contribution < 1.29 is 14.7 Å². The lowest BCUT2D eigenvalue weighted by Gasteiger charge is -2.12. The Morgan fingerprint density at radius 2 is 2.04 bits per heavy atom. The van der Waals surface area contributed by atoms with E-state index in [-0.39, 0.29) is 11.5 Å². The fourth-order valence-corrected chi connectivity index (χ4v) is 3.36. The van der Waals surface area contributed by atoms with Gasteiger partial charge in [-0.1, -0.05) is 18.2 Å². The van der Waals surface area contributed by atoms with E-state index in [9.17, 15) is 14.7 Å². The molecule has 6 nitrogen and oxygen atoms in total. The molecule has 2 aromatic rings. The molecule has 0 atom stereocenters. The van der Waals surface area contributed by atoms with Gasteiger partial charge in [-0.05, 0) is 49.0 Å². The van der Waals surface area contributed by atoms with E-state index in [1.807, 2.05) is 19.1 Å². The molecule has 25 heavy (non-hydrogen) atoms. The summed E-state index contributed by atoms with van der Waals surface area (Å²) in [6, 6.07) is 11.9. The summed E-state index contributed by atoms with van der Waals surface area (Å²) >= 11 is 1.22. The molecule has 0 spiro atoms. The highest BCUT2D eigenvalue weighted by Crippen LogP contribution is 2.34. The Morgan fingerprint density at radius 1 is 1.28 bits per heavy atom. The maximum atomic E-state index is 12.6. The number of benzene rings is 1. The number of aliphatic imine (C=N–C) groups is 1. The minimum absolute atomic E-state index is 0.0984. The molecule has 2 heterocycles. The number of thioether (sulfide) groups is 1. The van der Waals surface area contributed by atoms with E-state index in [1.54, 1.807) is 36.5 Å². The molecule has 1 fully saturated rings. The molecule has 0 unspecified atom stereocenters. The molecular formula is C18H15N3O3S.